The van der Waals surface area contributed by atoms with Crippen LogP contribution in [0, 0.1) is 6.92 Å². The van der Waals surface area contributed by atoms with Gasteiger partial charge in [-0.15, -0.1) is 0 Å². The molecule has 0 aliphatic heterocycles. The Bertz CT molecular complexity index is 927. The minimum absolute atomic E-state index is 0.134. The van der Waals surface area contributed by atoms with Gasteiger partial charge in [0.05, 0.1) is 18.6 Å². The fourth-order valence-corrected chi connectivity index (χ4v) is 2.96. The van der Waals surface area contributed by atoms with E-state index in [4.69, 9.17) is 12.2 Å². The predicted molar refractivity (Wildman–Crippen MR) is 100 cm³/mol. The molecule has 0 aliphatic carbocycles. The molecule has 0 saturated heterocycles. The van der Waals surface area contributed by atoms with Gasteiger partial charge in [0.1, 0.15) is 9.87 Å². The van der Waals surface area contributed by atoms with E-state index in [0.717, 1.165) is 27.3 Å². The van der Waals surface area contributed by atoms with Crippen LogP contribution in [0.1, 0.15) is 16.0 Å². The smallest absolute Gasteiger partial charge is 0.267 e. The first-order valence-electron chi connectivity index (χ1n) is 7.23. The number of aromatic amines is 1. The lowest BCUT2D eigenvalue weighted by molar-refractivity contribution is -0.599. The Balaban J connectivity index is 1.79. The fraction of sp³-hybridized carbons (Fsp3) is 0.0588. The quantitative estimate of drug-likeness (QED) is 0.327. The molecule has 2 heterocycles. The van der Waals surface area contributed by atoms with Crippen LogP contribution in [-0.4, -0.2) is 16.2 Å². The van der Waals surface area contributed by atoms with Crippen LogP contribution >= 0.6 is 23.6 Å². The second-order valence-corrected chi connectivity index (χ2v) is 6.50. The van der Waals surface area contributed by atoms with Gasteiger partial charge in [-0.3, -0.25) is 5.43 Å². The van der Waals surface area contributed by atoms with Gasteiger partial charge in [0.2, 0.25) is 0 Å². The van der Waals surface area contributed by atoms with Gasteiger partial charge in [0.15, 0.2) is 0 Å². The Kier molecular flexibility index (Phi) is 4.93. The van der Waals surface area contributed by atoms with E-state index < -0.39 is 0 Å². The van der Waals surface area contributed by atoms with Crippen molar-refractivity contribution in [1.29, 1.82) is 0 Å². The number of benzene rings is 1. The van der Waals surface area contributed by atoms with Gasteiger partial charge in [-0.25, -0.2) is 9.36 Å². The molecule has 2 N–H and O–H groups in total. The molecule has 1 aromatic carbocycles. The highest BCUT2D eigenvalue weighted by Crippen LogP contribution is 2.06. The largest absolute Gasteiger partial charge is 0.390 e. The Labute approximate surface area is 148 Å². The van der Waals surface area contributed by atoms with Crippen LogP contribution in [-0.2, 0) is 0 Å². The third-order valence-electron chi connectivity index (χ3n) is 3.29. The summed E-state index contributed by atoms with van der Waals surface area (Å²) in [5.41, 5.74) is 4.86. The van der Waals surface area contributed by atoms with Crippen LogP contribution in [0.5, 0.6) is 0 Å². The lowest BCUT2D eigenvalue weighted by Gasteiger charge is -2.01. The van der Waals surface area contributed by atoms with Crippen LogP contribution < -0.4 is 14.9 Å². The van der Waals surface area contributed by atoms with Crippen molar-refractivity contribution < 1.29 is 4.57 Å². The molecule has 0 fully saturated rings. The molecule has 0 atom stereocenters. The van der Waals surface area contributed by atoms with Crippen molar-refractivity contribution in [3.05, 3.63) is 80.5 Å². The summed E-state index contributed by atoms with van der Waals surface area (Å²) in [5, 5.41) is 4.16. The molecular weight excluding hydrogens is 340 g/mol. The second-order valence-electron chi connectivity index (χ2n) is 5.08. The molecule has 24 heavy (non-hydrogen) atoms. The summed E-state index contributed by atoms with van der Waals surface area (Å²) in [6.07, 6.45) is 5.39. The number of nitrogens with zero attached hydrogens (tertiary/aromatic N) is 2. The van der Waals surface area contributed by atoms with Crippen molar-refractivity contribution >= 4 is 34.8 Å². The molecular formula is C17H15N4OS2+. The van der Waals surface area contributed by atoms with Gasteiger partial charge in [-0.2, -0.15) is 10.1 Å². The van der Waals surface area contributed by atoms with Crippen molar-refractivity contribution in [2.45, 2.75) is 6.92 Å². The van der Waals surface area contributed by atoms with Gasteiger partial charge >= 0.3 is 10.7 Å². The predicted octanol–water partition coefficient (Wildman–Crippen LogP) is 2.32. The van der Waals surface area contributed by atoms with Crippen LogP contribution in [0.3, 0.4) is 0 Å². The number of pyridine rings is 1. The van der Waals surface area contributed by atoms with E-state index in [9.17, 15) is 4.79 Å². The molecule has 0 saturated carbocycles. The first-order valence-corrected chi connectivity index (χ1v) is 8.46. The molecule has 0 spiro atoms. The minimum atomic E-state index is -0.134. The number of hydrogen-bond acceptors (Lipinski definition) is 4. The molecule has 7 heteroatoms. The average molecular weight is 355 g/mol. The topological polar surface area (TPSA) is 61.1 Å². The van der Waals surface area contributed by atoms with E-state index in [1.807, 2.05) is 66.3 Å². The Hall–Kier alpha value is -2.64. The van der Waals surface area contributed by atoms with Gasteiger partial charge < -0.3 is 0 Å². The Morgan fingerprint density at radius 1 is 1.25 bits per heavy atom. The number of nitrogens with one attached hydrogen (secondary N) is 2. The number of thiocarbonyl (C=S) groups is 1. The van der Waals surface area contributed by atoms with E-state index in [1.54, 1.807) is 6.21 Å². The number of hydrazone groups is 1. The summed E-state index contributed by atoms with van der Waals surface area (Å²) in [5.74, 6) is 0.682. The number of H-pyrrole nitrogens is 1. The monoisotopic (exact) mass is 355 g/mol. The fourth-order valence-electron chi connectivity index (χ4n) is 2.06. The normalized spacial score (nSPS) is 10.9. The molecule has 120 valence electrons. The highest BCUT2D eigenvalue weighted by Gasteiger charge is 2.15. The van der Waals surface area contributed by atoms with E-state index in [2.05, 4.69) is 15.5 Å². The van der Waals surface area contributed by atoms with E-state index in [-0.39, 0.29) is 4.87 Å². The maximum absolute atomic E-state index is 11.7. The van der Waals surface area contributed by atoms with E-state index in [1.165, 1.54) is 0 Å². The molecule has 2 aromatic heterocycles. The molecule has 5 nitrogen and oxygen atoms in total. The van der Waals surface area contributed by atoms with Crippen molar-refractivity contribution in [2.24, 2.45) is 5.10 Å². The van der Waals surface area contributed by atoms with Crippen molar-refractivity contribution in [3.63, 3.8) is 0 Å². The summed E-state index contributed by atoms with van der Waals surface area (Å²) in [6.45, 7) is 2.01. The summed E-state index contributed by atoms with van der Waals surface area (Å²) in [7, 11) is 0. The van der Waals surface area contributed by atoms with Crippen molar-refractivity contribution in [2.75, 3.05) is 0 Å². The minimum Gasteiger partial charge on any atom is -0.267 e. The SMILES string of the molecule is Cc1cc[n+](-c2[nH]c(=O)sc2/C=N\NC(=S)c2ccccc2)cc1. The van der Waals surface area contributed by atoms with E-state index >= 15 is 0 Å². The molecule has 0 unspecified atom stereocenters. The zero-order chi connectivity index (χ0) is 16.9. The zero-order valence-electron chi connectivity index (χ0n) is 12.9. The number of hydrogen-bond donors (Lipinski definition) is 2. The number of rotatable bonds is 4. The summed E-state index contributed by atoms with van der Waals surface area (Å²) < 4.78 is 1.85. The lowest BCUT2D eigenvalue weighted by atomic mass is 10.2. The number of thiazole rings is 1. The molecule has 0 amide bonds. The van der Waals surface area contributed by atoms with Crippen LogP contribution in [0.2, 0.25) is 0 Å². The summed E-state index contributed by atoms with van der Waals surface area (Å²) in [6, 6.07) is 13.5. The highest BCUT2D eigenvalue weighted by atomic mass is 32.1. The van der Waals surface area contributed by atoms with Gasteiger partial charge in [0, 0.05) is 5.56 Å². The highest BCUT2D eigenvalue weighted by molar-refractivity contribution is 7.80. The molecule has 0 aliphatic rings. The summed E-state index contributed by atoms with van der Waals surface area (Å²) >= 11 is 6.38. The molecule has 0 radical (unpaired) electrons. The Morgan fingerprint density at radius 2 is 1.96 bits per heavy atom. The van der Waals surface area contributed by atoms with Crippen molar-refractivity contribution in [3.8, 4) is 5.82 Å². The maximum Gasteiger partial charge on any atom is 0.390 e. The van der Waals surface area contributed by atoms with Gasteiger partial charge in [0.25, 0.3) is 0 Å². The van der Waals surface area contributed by atoms with Crippen LogP contribution in [0.15, 0.2) is 64.8 Å². The van der Waals surface area contributed by atoms with Gasteiger partial charge in [-0.1, -0.05) is 42.5 Å². The average Bonchev–Trinajstić information content (AvgIpc) is 2.97. The number of aryl methyl sites for hydroxylation is 1. The Morgan fingerprint density at radius 3 is 2.67 bits per heavy atom. The third-order valence-corrected chi connectivity index (χ3v) is 4.43. The molecule has 3 rings (SSSR count). The van der Waals surface area contributed by atoms with Crippen LogP contribution in [0.25, 0.3) is 5.82 Å². The van der Waals surface area contributed by atoms with Crippen molar-refractivity contribution in [1.82, 2.24) is 10.4 Å². The molecule has 3 aromatic rings. The van der Waals surface area contributed by atoms with Gasteiger partial charge in [-0.05, 0) is 36.0 Å². The van der Waals surface area contributed by atoms with E-state index in [0.29, 0.717) is 10.8 Å². The summed E-state index contributed by atoms with van der Waals surface area (Å²) in [4.78, 5) is 15.6. The lowest BCUT2D eigenvalue weighted by Crippen LogP contribution is -2.31. The zero-order valence-corrected chi connectivity index (χ0v) is 14.5. The standard InChI is InChI=1S/C17H14N4OS2/c1-12-7-9-21(10-8-12)15-14(24-17(22)19-15)11-18-20-16(23)13-5-3-2-4-6-13/h2-11H,1H3,(H-,18,19,20,22,23)/p+1. The van der Waals surface area contributed by atoms with Crippen LogP contribution in [0.4, 0.5) is 0 Å². The number of aromatic nitrogens is 2. The maximum atomic E-state index is 11.7. The molecule has 0 bridgehead atoms. The third kappa shape index (κ3) is 3.81. The first kappa shape index (κ1) is 16.2. The second kappa shape index (κ2) is 7.29. The first-order chi connectivity index (χ1) is 11.6.